The number of amides is 4. The number of hydrogen-bond acceptors (Lipinski definition) is 6. The third kappa shape index (κ3) is 3.84. The average Bonchev–Trinajstić information content (AvgIpc) is 2.88. The van der Waals surface area contributed by atoms with Gasteiger partial charge in [-0.1, -0.05) is 13.3 Å². The minimum absolute atomic E-state index is 0.0340. The number of unbranched alkanes of at least 4 members (excludes halogenated alkanes) is 1. The number of urea groups is 1. The summed E-state index contributed by atoms with van der Waals surface area (Å²) in [7, 11) is 0. The van der Waals surface area contributed by atoms with Crippen molar-refractivity contribution in [3.63, 3.8) is 0 Å². The summed E-state index contributed by atoms with van der Waals surface area (Å²) < 4.78 is 0. The lowest BCUT2D eigenvalue weighted by molar-refractivity contribution is -0.204. The normalized spacial score (nSPS) is 21.7. The summed E-state index contributed by atoms with van der Waals surface area (Å²) in [5.74, 6) is -1.85. The number of likely N-dealkylation sites (N-methyl/N-ethyl adjacent to an activating group) is 1. The van der Waals surface area contributed by atoms with Crippen LogP contribution >= 0.6 is 0 Å². The molecule has 2 rings (SSSR count). The Morgan fingerprint density at radius 2 is 1.83 bits per heavy atom. The maximum Gasteiger partial charge on any atom is 0.355 e. The largest absolute Gasteiger partial charge is 0.355 e. The van der Waals surface area contributed by atoms with E-state index in [0.717, 1.165) is 12.8 Å². The first-order valence-corrected chi connectivity index (χ1v) is 8.28. The van der Waals surface area contributed by atoms with Gasteiger partial charge in [0.25, 0.3) is 11.8 Å². The Morgan fingerprint density at radius 1 is 1.17 bits per heavy atom. The van der Waals surface area contributed by atoms with E-state index in [1.807, 2.05) is 6.92 Å². The van der Waals surface area contributed by atoms with Crippen LogP contribution in [0.2, 0.25) is 0 Å². The molecule has 0 aliphatic carbocycles. The Balaban J connectivity index is 1.97. The van der Waals surface area contributed by atoms with E-state index in [9.17, 15) is 19.2 Å². The Hall–Kier alpha value is -2.16. The molecule has 0 N–H and O–H groups in total. The highest BCUT2D eigenvalue weighted by Gasteiger charge is 2.41. The minimum Gasteiger partial charge on any atom is -0.328 e. The molecule has 9 nitrogen and oxygen atoms in total. The van der Waals surface area contributed by atoms with Crippen molar-refractivity contribution >= 4 is 23.8 Å². The summed E-state index contributed by atoms with van der Waals surface area (Å²) in [6.07, 6.45) is 2.16. The Bertz CT molecular complexity index is 507. The van der Waals surface area contributed by atoms with Crippen LogP contribution in [0, 0.1) is 0 Å². The molecule has 0 bridgehead atoms. The van der Waals surface area contributed by atoms with E-state index in [-0.39, 0.29) is 25.9 Å². The average molecular weight is 341 g/mol. The molecular weight excluding hydrogens is 318 g/mol. The third-order valence-corrected chi connectivity index (χ3v) is 3.99. The first-order valence-electron chi connectivity index (χ1n) is 8.28. The van der Waals surface area contributed by atoms with E-state index in [1.54, 1.807) is 6.92 Å². The number of nitrogens with zero attached hydrogens (tertiary/aromatic N) is 3. The van der Waals surface area contributed by atoms with Crippen molar-refractivity contribution in [1.82, 2.24) is 15.0 Å². The van der Waals surface area contributed by atoms with Gasteiger partial charge < -0.3 is 9.74 Å². The summed E-state index contributed by atoms with van der Waals surface area (Å²) in [6.45, 7) is 4.73. The van der Waals surface area contributed by atoms with Gasteiger partial charge in [0, 0.05) is 19.4 Å². The molecule has 9 heteroatoms. The van der Waals surface area contributed by atoms with Gasteiger partial charge in [-0.25, -0.2) is 14.7 Å². The maximum absolute atomic E-state index is 12.4. The van der Waals surface area contributed by atoms with Crippen LogP contribution in [0.3, 0.4) is 0 Å². The van der Waals surface area contributed by atoms with Crippen molar-refractivity contribution in [1.29, 1.82) is 0 Å². The number of carbonyl (C=O) groups is 4. The van der Waals surface area contributed by atoms with Gasteiger partial charge in [-0.3, -0.25) is 14.4 Å². The molecule has 2 fully saturated rings. The Labute approximate surface area is 140 Å². The SMILES string of the molecule is CCCCON1CC[C@@H](C(=O)ON2C(=O)CCC2=O)N(CC)C1=O. The molecular formula is C15H23N3O6. The van der Waals surface area contributed by atoms with Crippen LogP contribution in [0.5, 0.6) is 0 Å². The van der Waals surface area contributed by atoms with Crippen molar-refractivity contribution in [2.24, 2.45) is 0 Å². The molecule has 134 valence electrons. The van der Waals surface area contributed by atoms with Gasteiger partial charge in [-0.05, 0) is 19.8 Å². The molecule has 24 heavy (non-hydrogen) atoms. The zero-order chi connectivity index (χ0) is 17.7. The van der Waals surface area contributed by atoms with Gasteiger partial charge in [0.05, 0.1) is 13.2 Å². The van der Waals surface area contributed by atoms with Crippen LogP contribution in [-0.4, -0.2) is 64.6 Å². The second-order valence-electron chi connectivity index (χ2n) is 5.65. The predicted molar refractivity (Wildman–Crippen MR) is 80.9 cm³/mol. The Morgan fingerprint density at radius 3 is 2.42 bits per heavy atom. The molecule has 4 amide bonds. The summed E-state index contributed by atoms with van der Waals surface area (Å²) >= 11 is 0. The van der Waals surface area contributed by atoms with Gasteiger partial charge in [-0.2, -0.15) is 0 Å². The number of rotatable bonds is 7. The van der Waals surface area contributed by atoms with Crippen LogP contribution < -0.4 is 0 Å². The second-order valence-corrected chi connectivity index (χ2v) is 5.65. The molecule has 0 aromatic heterocycles. The molecule has 2 saturated heterocycles. The van der Waals surface area contributed by atoms with E-state index in [2.05, 4.69) is 0 Å². The van der Waals surface area contributed by atoms with Gasteiger partial charge in [0.2, 0.25) is 0 Å². The molecule has 2 heterocycles. The molecule has 2 aliphatic heterocycles. The first-order chi connectivity index (χ1) is 11.5. The van der Waals surface area contributed by atoms with Gasteiger partial charge in [0.15, 0.2) is 0 Å². The zero-order valence-electron chi connectivity index (χ0n) is 14.0. The molecule has 0 spiro atoms. The molecule has 1 atom stereocenters. The molecule has 0 unspecified atom stereocenters. The third-order valence-electron chi connectivity index (χ3n) is 3.99. The number of hydroxylamine groups is 4. The molecule has 0 radical (unpaired) electrons. The van der Waals surface area contributed by atoms with Crippen LogP contribution in [-0.2, 0) is 24.1 Å². The predicted octanol–water partition coefficient (Wildman–Crippen LogP) is 0.841. The lowest BCUT2D eigenvalue weighted by atomic mass is 10.1. The van der Waals surface area contributed by atoms with Crippen molar-refractivity contribution in [2.75, 3.05) is 19.7 Å². The lowest BCUT2D eigenvalue weighted by Crippen LogP contribution is -2.57. The van der Waals surface area contributed by atoms with Crippen LogP contribution in [0.15, 0.2) is 0 Å². The Kier molecular flexibility index (Phi) is 6.13. The standard InChI is InChI=1S/C15H23N3O6/c1-3-5-10-23-17-9-8-11(16(4-2)15(17)22)14(21)24-18-12(19)6-7-13(18)20/h11H,3-10H2,1-2H3/t11-/m0/s1. The topological polar surface area (TPSA) is 96.5 Å². The van der Waals surface area contributed by atoms with Crippen LogP contribution in [0.4, 0.5) is 4.79 Å². The number of imide groups is 1. The van der Waals surface area contributed by atoms with Crippen molar-refractivity contribution < 1.29 is 28.9 Å². The van der Waals surface area contributed by atoms with Crippen LogP contribution in [0.25, 0.3) is 0 Å². The van der Waals surface area contributed by atoms with E-state index in [4.69, 9.17) is 9.68 Å². The van der Waals surface area contributed by atoms with Crippen molar-refractivity contribution in [2.45, 2.75) is 52.0 Å². The first kappa shape index (κ1) is 18.2. The quantitative estimate of drug-likeness (QED) is 0.503. The lowest BCUT2D eigenvalue weighted by Gasteiger charge is -2.38. The zero-order valence-corrected chi connectivity index (χ0v) is 14.0. The summed E-state index contributed by atoms with van der Waals surface area (Å²) in [4.78, 5) is 59.5. The molecule has 2 aliphatic rings. The maximum atomic E-state index is 12.4. The van der Waals surface area contributed by atoms with Crippen molar-refractivity contribution in [3.05, 3.63) is 0 Å². The number of carbonyl (C=O) groups excluding carboxylic acids is 4. The summed E-state index contributed by atoms with van der Waals surface area (Å²) in [6, 6.07) is -1.25. The molecule has 0 aromatic carbocycles. The smallest absolute Gasteiger partial charge is 0.328 e. The highest BCUT2D eigenvalue weighted by Crippen LogP contribution is 2.20. The van der Waals surface area contributed by atoms with E-state index >= 15 is 0 Å². The summed E-state index contributed by atoms with van der Waals surface area (Å²) in [5, 5.41) is 1.75. The van der Waals surface area contributed by atoms with E-state index < -0.39 is 29.9 Å². The fourth-order valence-corrected chi connectivity index (χ4v) is 2.62. The van der Waals surface area contributed by atoms with E-state index in [1.165, 1.54) is 9.96 Å². The van der Waals surface area contributed by atoms with E-state index in [0.29, 0.717) is 18.1 Å². The summed E-state index contributed by atoms with van der Waals surface area (Å²) in [5.41, 5.74) is 0. The van der Waals surface area contributed by atoms with Gasteiger partial charge >= 0.3 is 12.0 Å². The highest BCUT2D eigenvalue weighted by molar-refractivity contribution is 6.02. The monoisotopic (exact) mass is 341 g/mol. The minimum atomic E-state index is -0.838. The fraction of sp³-hybridized carbons (Fsp3) is 0.733. The van der Waals surface area contributed by atoms with Gasteiger partial charge in [-0.15, -0.1) is 5.06 Å². The van der Waals surface area contributed by atoms with Crippen LogP contribution in [0.1, 0.15) is 46.0 Å². The van der Waals surface area contributed by atoms with Gasteiger partial charge in [0.1, 0.15) is 6.04 Å². The fourth-order valence-electron chi connectivity index (χ4n) is 2.62. The second kappa shape index (κ2) is 8.09. The number of hydrogen-bond donors (Lipinski definition) is 0. The molecule has 0 saturated carbocycles. The highest BCUT2D eigenvalue weighted by atomic mass is 16.7. The molecule has 0 aromatic rings. The van der Waals surface area contributed by atoms with Crippen molar-refractivity contribution in [3.8, 4) is 0 Å².